The van der Waals surface area contributed by atoms with E-state index in [1.807, 2.05) is 30.3 Å². The summed E-state index contributed by atoms with van der Waals surface area (Å²) in [5.41, 5.74) is 6.12. The van der Waals surface area contributed by atoms with Gasteiger partial charge in [-0.2, -0.15) is 0 Å². The van der Waals surface area contributed by atoms with Crippen LogP contribution in [-0.4, -0.2) is 28.3 Å². The molecular formula is C18H23N2O5P. The number of hydrogen-bond acceptors (Lipinski definition) is 5. The molecule has 2 rings (SSSR count). The molecule has 2 aromatic rings. The Bertz CT molecular complexity index is 763. The van der Waals surface area contributed by atoms with Crippen LogP contribution in [-0.2, 0) is 21.6 Å². The fourth-order valence-corrected chi connectivity index (χ4v) is 3.50. The van der Waals surface area contributed by atoms with E-state index >= 15 is 0 Å². The minimum absolute atomic E-state index is 0.400. The fourth-order valence-electron chi connectivity index (χ4n) is 2.57. The van der Waals surface area contributed by atoms with Crippen LogP contribution < -0.4 is 15.8 Å². The first kappa shape index (κ1) is 20.3. The van der Waals surface area contributed by atoms with Gasteiger partial charge in [-0.05, 0) is 30.2 Å². The highest BCUT2D eigenvalue weighted by Gasteiger charge is 2.36. The molecule has 5 N–H and O–H groups in total. The van der Waals surface area contributed by atoms with Gasteiger partial charge in [0.05, 0.1) is 12.2 Å². The maximum atomic E-state index is 11.5. The van der Waals surface area contributed by atoms with Gasteiger partial charge in [0.1, 0.15) is 24.3 Å². The monoisotopic (exact) mass is 378 g/mol. The lowest BCUT2D eigenvalue weighted by atomic mass is 10.0. The number of carbonyl (C=O) groups excluding carboxylic acids is 1. The Labute approximate surface area is 152 Å². The van der Waals surface area contributed by atoms with Crippen molar-refractivity contribution in [2.24, 2.45) is 5.73 Å². The average molecular weight is 378 g/mol. The van der Waals surface area contributed by atoms with E-state index < -0.39 is 25.5 Å². The van der Waals surface area contributed by atoms with Crippen molar-refractivity contribution in [2.75, 3.05) is 6.16 Å². The predicted octanol–water partition coefficient (Wildman–Crippen LogP) is 1.73. The standard InChI is InChI=1S/C18H23N2O5P/c1-14(11-21)20-18(19,13-26(22,23)24)16-7-9-17(10-8-16)25-12-15-5-3-2-4-6-15/h2-11,14,20H,12-13,19H2,1H3,(H2,22,23,24)/t14-,18-/m0/s1. The summed E-state index contributed by atoms with van der Waals surface area (Å²) in [5.74, 6) is 0.597. The van der Waals surface area contributed by atoms with Crippen LogP contribution in [0.3, 0.4) is 0 Å². The van der Waals surface area contributed by atoms with Crippen molar-refractivity contribution < 1.29 is 23.9 Å². The highest BCUT2D eigenvalue weighted by Crippen LogP contribution is 2.40. The lowest BCUT2D eigenvalue weighted by molar-refractivity contribution is -0.109. The van der Waals surface area contributed by atoms with E-state index in [2.05, 4.69) is 5.32 Å². The zero-order valence-corrected chi connectivity index (χ0v) is 15.3. The molecule has 0 saturated carbocycles. The summed E-state index contributed by atoms with van der Waals surface area (Å²) in [7, 11) is -4.42. The molecular weight excluding hydrogens is 355 g/mol. The van der Waals surface area contributed by atoms with E-state index in [4.69, 9.17) is 10.5 Å². The molecule has 140 valence electrons. The van der Waals surface area contributed by atoms with Crippen LogP contribution in [0.5, 0.6) is 5.75 Å². The summed E-state index contributed by atoms with van der Waals surface area (Å²) in [6.45, 7) is 1.96. The van der Waals surface area contributed by atoms with Crippen LogP contribution in [0.2, 0.25) is 0 Å². The van der Waals surface area contributed by atoms with Gasteiger partial charge in [-0.15, -0.1) is 0 Å². The van der Waals surface area contributed by atoms with Gasteiger partial charge in [0.15, 0.2) is 0 Å². The Morgan fingerprint density at radius 2 is 1.81 bits per heavy atom. The highest BCUT2D eigenvalue weighted by atomic mass is 31.2. The fraction of sp³-hybridized carbons (Fsp3) is 0.278. The Balaban J connectivity index is 2.15. The number of carbonyl (C=O) groups is 1. The molecule has 0 bridgehead atoms. The molecule has 0 radical (unpaired) electrons. The molecule has 0 aromatic heterocycles. The molecule has 7 nitrogen and oxygen atoms in total. The normalized spacial score (nSPS) is 15.1. The molecule has 0 aliphatic carbocycles. The van der Waals surface area contributed by atoms with Crippen LogP contribution in [0.25, 0.3) is 0 Å². The minimum Gasteiger partial charge on any atom is -0.489 e. The minimum atomic E-state index is -4.42. The Morgan fingerprint density at radius 3 is 2.35 bits per heavy atom. The first-order chi connectivity index (χ1) is 12.2. The van der Waals surface area contributed by atoms with Gasteiger partial charge in [0, 0.05) is 0 Å². The molecule has 0 spiro atoms. The van der Waals surface area contributed by atoms with Crippen molar-refractivity contribution in [3.05, 3.63) is 65.7 Å². The zero-order valence-electron chi connectivity index (χ0n) is 14.4. The summed E-state index contributed by atoms with van der Waals surface area (Å²) in [4.78, 5) is 29.6. The highest BCUT2D eigenvalue weighted by molar-refractivity contribution is 7.51. The molecule has 0 fully saturated rings. The third kappa shape index (κ3) is 6.05. The molecule has 2 atom stereocenters. The number of nitrogens with one attached hydrogen (secondary N) is 1. The van der Waals surface area contributed by atoms with Crippen LogP contribution in [0.15, 0.2) is 54.6 Å². The average Bonchev–Trinajstić information content (AvgIpc) is 2.59. The maximum Gasteiger partial charge on any atom is 0.329 e. The van der Waals surface area contributed by atoms with Gasteiger partial charge in [0.25, 0.3) is 0 Å². The van der Waals surface area contributed by atoms with Crippen LogP contribution >= 0.6 is 7.60 Å². The van der Waals surface area contributed by atoms with Crippen molar-refractivity contribution >= 4 is 13.9 Å². The number of rotatable bonds is 9. The first-order valence-corrected chi connectivity index (χ1v) is 9.85. The SMILES string of the molecule is C[C@@H](C=O)N[C@@](N)(CP(=O)(O)O)c1ccc(OCc2ccccc2)cc1. The Morgan fingerprint density at radius 1 is 1.19 bits per heavy atom. The second-order valence-electron chi connectivity index (χ2n) is 6.16. The van der Waals surface area contributed by atoms with Crippen LogP contribution in [0, 0.1) is 0 Å². The lowest BCUT2D eigenvalue weighted by Gasteiger charge is -2.33. The van der Waals surface area contributed by atoms with E-state index in [1.165, 1.54) is 0 Å². The van der Waals surface area contributed by atoms with Crippen molar-refractivity contribution in [1.82, 2.24) is 5.32 Å². The van der Waals surface area contributed by atoms with Gasteiger partial charge >= 0.3 is 7.60 Å². The van der Waals surface area contributed by atoms with E-state index in [0.29, 0.717) is 24.2 Å². The molecule has 0 aliphatic rings. The lowest BCUT2D eigenvalue weighted by Crippen LogP contribution is -2.56. The molecule has 2 aromatic carbocycles. The first-order valence-electron chi connectivity index (χ1n) is 8.05. The smallest absolute Gasteiger partial charge is 0.329 e. The quantitative estimate of drug-likeness (QED) is 0.298. The third-order valence-electron chi connectivity index (χ3n) is 3.76. The van der Waals surface area contributed by atoms with Crippen molar-refractivity contribution in [3.63, 3.8) is 0 Å². The summed E-state index contributed by atoms with van der Waals surface area (Å²) in [6.07, 6.45) is -0.0129. The number of nitrogens with two attached hydrogens (primary N) is 1. The van der Waals surface area contributed by atoms with Crippen LogP contribution in [0.4, 0.5) is 0 Å². The molecule has 26 heavy (non-hydrogen) atoms. The summed E-state index contributed by atoms with van der Waals surface area (Å²) in [6, 6.07) is 15.6. The van der Waals surface area contributed by atoms with Crippen LogP contribution in [0.1, 0.15) is 18.1 Å². The summed E-state index contributed by atoms with van der Waals surface area (Å²) < 4.78 is 17.2. The number of benzene rings is 2. The number of aldehydes is 1. The molecule has 0 amide bonds. The van der Waals surface area contributed by atoms with Gasteiger partial charge in [-0.3, -0.25) is 9.88 Å². The Hall–Kier alpha value is -2.02. The molecule has 0 unspecified atom stereocenters. The van der Waals surface area contributed by atoms with E-state index in [0.717, 1.165) is 5.56 Å². The summed E-state index contributed by atoms with van der Waals surface area (Å²) >= 11 is 0. The van der Waals surface area contributed by atoms with Crippen molar-refractivity contribution in [1.29, 1.82) is 0 Å². The molecule has 0 saturated heterocycles. The zero-order chi connectivity index (χ0) is 19.2. The van der Waals surface area contributed by atoms with Gasteiger partial charge < -0.3 is 25.1 Å². The van der Waals surface area contributed by atoms with E-state index in [1.54, 1.807) is 31.2 Å². The Kier molecular flexibility index (Phi) is 6.69. The molecule has 0 aliphatic heterocycles. The van der Waals surface area contributed by atoms with E-state index in [9.17, 15) is 19.1 Å². The van der Waals surface area contributed by atoms with E-state index in [-0.39, 0.29) is 0 Å². The largest absolute Gasteiger partial charge is 0.489 e. The topological polar surface area (TPSA) is 122 Å². The van der Waals surface area contributed by atoms with Crippen molar-refractivity contribution in [3.8, 4) is 5.75 Å². The summed E-state index contributed by atoms with van der Waals surface area (Å²) in [5, 5.41) is 2.77. The van der Waals surface area contributed by atoms with Crippen molar-refractivity contribution in [2.45, 2.75) is 25.2 Å². The number of ether oxygens (including phenoxy) is 1. The third-order valence-corrected chi connectivity index (χ3v) is 4.67. The predicted molar refractivity (Wildman–Crippen MR) is 98.7 cm³/mol. The van der Waals surface area contributed by atoms with Gasteiger partial charge in [-0.25, -0.2) is 0 Å². The maximum absolute atomic E-state index is 11.5. The number of hydrogen-bond donors (Lipinski definition) is 4. The second kappa shape index (κ2) is 8.58. The van der Waals surface area contributed by atoms with Gasteiger partial charge in [0.2, 0.25) is 0 Å². The molecule has 8 heteroatoms. The second-order valence-corrected chi connectivity index (χ2v) is 7.81. The molecule has 0 heterocycles. The van der Waals surface area contributed by atoms with Gasteiger partial charge in [-0.1, -0.05) is 42.5 Å².